The second kappa shape index (κ2) is 8.46. The van der Waals surface area contributed by atoms with Crippen molar-refractivity contribution in [3.8, 4) is 12.0 Å². The fourth-order valence-corrected chi connectivity index (χ4v) is 1.12. The molecule has 1 aromatic heterocycles. The van der Waals surface area contributed by atoms with Gasteiger partial charge in [0.1, 0.15) is 6.33 Å². The van der Waals surface area contributed by atoms with Gasteiger partial charge in [-0.3, -0.25) is 0 Å². The van der Waals surface area contributed by atoms with Gasteiger partial charge in [0, 0.05) is 0 Å². The Kier molecular flexibility index (Phi) is 7.07. The Hall–Kier alpha value is -0.690. The van der Waals surface area contributed by atoms with Crippen LogP contribution in [0.2, 0.25) is 0 Å². The van der Waals surface area contributed by atoms with E-state index < -0.39 is 0 Å². The number of hydrogen-bond acceptors (Lipinski definition) is 7. The molecule has 0 N–H and O–H groups in total. The zero-order chi connectivity index (χ0) is 11.6. The molecule has 0 unspecified atom stereocenters. The molecule has 0 fully saturated rings. The van der Waals surface area contributed by atoms with Crippen LogP contribution in [0.1, 0.15) is 12.8 Å². The topological polar surface area (TPSA) is 57.1 Å². The second-order valence-electron chi connectivity index (χ2n) is 2.90. The molecule has 0 saturated carbocycles. The van der Waals surface area contributed by atoms with E-state index in [2.05, 4.69) is 40.2 Å². The van der Waals surface area contributed by atoms with Crippen molar-refractivity contribution in [1.29, 1.82) is 0 Å². The van der Waals surface area contributed by atoms with Gasteiger partial charge in [-0.2, -0.15) is 35.2 Å². The van der Waals surface area contributed by atoms with Crippen molar-refractivity contribution in [2.24, 2.45) is 0 Å². The van der Waals surface area contributed by atoms with Gasteiger partial charge in [0.2, 0.25) is 0 Å². The molecule has 0 aliphatic rings. The summed E-state index contributed by atoms with van der Waals surface area (Å²) in [6, 6.07) is 0.579. The predicted molar refractivity (Wildman–Crippen MR) is 67.8 cm³/mol. The van der Waals surface area contributed by atoms with E-state index >= 15 is 0 Å². The molecule has 1 rings (SSSR count). The van der Waals surface area contributed by atoms with Crippen LogP contribution in [0.25, 0.3) is 0 Å². The van der Waals surface area contributed by atoms with Crippen LogP contribution in [0.3, 0.4) is 0 Å². The van der Waals surface area contributed by atoms with Crippen LogP contribution in [-0.2, 0) is 0 Å². The first kappa shape index (κ1) is 13.4. The average Bonchev–Trinajstić information content (AvgIpc) is 2.30. The summed E-state index contributed by atoms with van der Waals surface area (Å²) in [5.74, 6) is 1.55. The summed E-state index contributed by atoms with van der Waals surface area (Å²) in [6.07, 6.45) is 3.08. The lowest BCUT2D eigenvalue weighted by Gasteiger charge is -2.05. The number of rotatable bonds is 8. The van der Waals surface area contributed by atoms with Crippen molar-refractivity contribution < 1.29 is 9.47 Å². The number of nitrogens with zero attached hydrogens (tertiary/aromatic N) is 3. The lowest BCUT2D eigenvalue weighted by Crippen LogP contribution is -2.06. The van der Waals surface area contributed by atoms with E-state index in [4.69, 9.17) is 9.47 Å². The normalized spacial score (nSPS) is 10.1. The maximum Gasteiger partial charge on any atom is 0.322 e. The number of ether oxygens (including phenoxy) is 2. The molecule has 0 atom stereocenters. The SMILES string of the molecule is SCCCOc1ncnc(OCCCS)n1. The smallest absolute Gasteiger partial charge is 0.322 e. The van der Waals surface area contributed by atoms with Crippen LogP contribution in [0.15, 0.2) is 6.33 Å². The molecule has 90 valence electrons. The third-order valence-corrected chi connectivity index (χ3v) is 2.23. The molecule has 0 amide bonds. The molecule has 0 aliphatic carbocycles. The maximum atomic E-state index is 5.29. The Bertz CT molecular complexity index is 277. The van der Waals surface area contributed by atoms with E-state index in [9.17, 15) is 0 Å². The van der Waals surface area contributed by atoms with E-state index in [1.165, 1.54) is 6.33 Å². The molecule has 0 aliphatic heterocycles. The highest BCUT2D eigenvalue weighted by Gasteiger charge is 2.02. The summed E-state index contributed by atoms with van der Waals surface area (Å²) in [7, 11) is 0. The molecule has 7 heteroatoms. The Morgan fingerprint density at radius 2 is 1.44 bits per heavy atom. The third kappa shape index (κ3) is 5.41. The van der Waals surface area contributed by atoms with Gasteiger partial charge in [0.05, 0.1) is 13.2 Å². The molecular weight excluding hydrogens is 246 g/mol. The monoisotopic (exact) mass is 261 g/mol. The summed E-state index contributed by atoms with van der Waals surface area (Å²) < 4.78 is 10.6. The molecular formula is C9H15N3O2S2. The standard InChI is InChI=1S/C9H15N3O2S2/c15-5-1-3-13-8-10-7-11-9(12-8)14-4-2-6-16/h7,15-16H,1-6H2. The minimum Gasteiger partial charge on any atom is -0.463 e. The predicted octanol–water partition coefficient (Wildman–Crippen LogP) is 1.27. The number of hydrogen-bond donors (Lipinski definition) is 2. The molecule has 16 heavy (non-hydrogen) atoms. The number of thiol groups is 2. The fraction of sp³-hybridized carbons (Fsp3) is 0.667. The quantitative estimate of drug-likeness (QED) is 0.545. The average molecular weight is 261 g/mol. The highest BCUT2D eigenvalue weighted by Crippen LogP contribution is 2.07. The minimum atomic E-state index is 0.289. The largest absolute Gasteiger partial charge is 0.463 e. The fourth-order valence-electron chi connectivity index (χ4n) is 0.862. The Labute approximate surface area is 106 Å². The van der Waals surface area contributed by atoms with Crippen molar-refractivity contribution in [2.75, 3.05) is 24.7 Å². The zero-order valence-electron chi connectivity index (χ0n) is 8.87. The van der Waals surface area contributed by atoms with E-state index in [0.717, 1.165) is 24.3 Å². The van der Waals surface area contributed by atoms with Gasteiger partial charge in [-0.05, 0) is 24.3 Å². The molecule has 0 spiro atoms. The lowest BCUT2D eigenvalue weighted by molar-refractivity contribution is 0.262. The van der Waals surface area contributed by atoms with Gasteiger partial charge in [-0.15, -0.1) is 4.98 Å². The lowest BCUT2D eigenvalue weighted by atomic mass is 10.5. The maximum absolute atomic E-state index is 5.29. The molecule has 0 saturated heterocycles. The Morgan fingerprint density at radius 3 is 1.88 bits per heavy atom. The van der Waals surface area contributed by atoms with Gasteiger partial charge in [-0.1, -0.05) is 0 Å². The highest BCUT2D eigenvalue weighted by molar-refractivity contribution is 7.80. The van der Waals surface area contributed by atoms with Gasteiger partial charge < -0.3 is 9.47 Å². The van der Waals surface area contributed by atoms with E-state index in [1.807, 2.05) is 0 Å². The summed E-state index contributed by atoms with van der Waals surface area (Å²) in [5.41, 5.74) is 0. The first-order valence-corrected chi connectivity index (χ1v) is 6.29. The summed E-state index contributed by atoms with van der Waals surface area (Å²) in [6.45, 7) is 1.09. The Morgan fingerprint density at radius 1 is 0.938 bits per heavy atom. The van der Waals surface area contributed by atoms with E-state index in [0.29, 0.717) is 13.2 Å². The van der Waals surface area contributed by atoms with Crippen molar-refractivity contribution in [1.82, 2.24) is 15.0 Å². The van der Waals surface area contributed by atoms with Gasteiger partial charge in [0.15, 0.2) is 0 Å². The van der Waals surface area contributed by atoms with Crippen molar-refractivity contribution in [2.45, 2.75) is 12.8 Å². The van der Waals surface area contributed by atoms with Crippen LogP contribution < -0.4 is 9.47 Å². The first-order valence-electron chi connectivity index (χ1n) is 5.03. The van der Waals surface area contributed by atoms with Crippen molar-refractivity contribution in [3.05, 3.63) is 6.33 Å². The second-order valence-corrected chi connectivity index (χ2v) is 3.80. The van der Waals surface area contributed by atoms with Crippen LogP contribution in [-0.4, -0.2) is 39.7 Å². The molecule has 1 aromatic rings. The molecule has 5 nitrogen and oxygen atoms in total. The molecule has 0 radical (unpaired) electrons. The Balaban J connectivity index is 2.37. The summed E-state index contributed by atoms with van der Waals surface area (Å²) in [5, 5.41) is 0. The summed E-state index contributed by atoms with van der Waals surface area (Å²) >= 11 is 8.16. The molecule has 1 heterocycles. The van der Waals surface area contributed by atoms with E-state index in [-0.39, 0.29) is 12.0 Å². The van der Waals surface area contributed by atoms with Crippen LogP contribution in [0.5, 0.6) is 12.0 Å². The van der Waals surface area contributed by atoms with Crippen LogP contribution in [0, 0.1) is 0 Å². The van der Waals surface area contributed by atoms with Crippen molar-refractivity contribution >= 4 is 25.3 Å². The van der Waals surface area contributed by atoms with Crippen molar-refractivity contribution in [3.63, 3.8) is 0 Å². The molecule has 0 bridgehead atoms. The van der Waals surface area contributed by atoms with Crippen LogP contribution >= 0.6 is 25.3 Å². The van der Waals surface area contributed by atoms with Gasteiger partial charge in [0.25, 0.3) is 0 Å². The summed E-state index contributed by atoms with van der Waals surface area (Å²) in [4.78, 5) is 11.7. The number of aromatic nitrogens is 3. The zero-order valence-corrected chi connectivity index (χ0v) is 10.7. The van der Waals surface area contributed by atoms with E-state index in [1.54, 1.807) is 0 Å². The minimum absolute atomic E-state index is 0.289. The van der Waals surface area contributed by atoms with Gasteiger partial charge in [-0.25, -0.2) is 0 Å². The molecule has 0 aromatic carbocycles. The third-order valence-electron chi connectivity index (χ3n) is 1.59. The van der Waals surface area contributed by atoms with Crippen LogP contribution in [0.4, 0.5) is 0 Å². The highest BCUT2D eigenvalue weighted by atomic mass is 32.1. The first-order chi connectivity index (χ1) is 7.86. The van der Waals surface area contributed by atoms with Gasteiger partial charge >= 0.3 is 12.0 Å².